The summed E-state index contributed by atoms with van der Waals surface area (Å²) in [5.41, 5.74) is 0.986. The number of amides is 2. The van der Waals surface area contributed by atoms with Crippen LogP contribution in [0.4, 0.5) is 0 Å². The third kappa shape index (κ3) is 4.83. The van der Waals surface area contributed by atoms with Gasteiger partial charge >= 0.3 is 0 Å². The molecule has 0 bridgehead atoms. The lowest BCUT2D eigenvalue weighted by Gasteiger charge is -2.32. The lowest BCUT2D eigenvalue weighted by atomic mass is 9.93. The molecule has 2 aliphatic rings. The Kier molecular flexibility index (Phi) is 6.43. The number of hydrogen-bond donors (Lipinski definition) is 1. The lowest BCUT2D eigenvalue weighted by molar-refractivity contribution is -0.133. The van der Waals surface area contributed by atoms with Crippen molar-refractivity contribution < 1.29 is 9.59 Å². The maximum absolute atomic E-state index is 12.4. The number of rotatable bonds is 5. The lowest BCUT2D eigenvalue weighted by Crippen LogP contribution is -2.44. The number of likely N-dealkylation sites (N-methyl/N-ethyl adjacent to an activating group) is 1. The van der Waals surface area contributed by atoms with E-state index in [0.717, 1.165) is 44.2 Å². The summed E-state index contributed by atoms with van der Waals surface area (Å²) < 4.78 is 0. The van der Waals surface area contributed by atoms with Gasteiger partial charge in [0.25, 0.3) is 0 Å². The second kappa shape index (κ2) is 8.32. The summed E-state index contributed by atoms with van der Waals surface area (Å²) in [6.45, 7) is 2.97. The first-order chi connectivity index (χ1) is 10.6. The molecule has 1 heterocycles. The summed E-state index contributed by atoms with van der Waals surface area (Å²) in [6.07, 6.45) is 7.95. The number of hydrogen-bond acceptors (Lipinski definition) is 3. The van der Waals surface area contributed by atoms with E-state index >= 15 is 0 Å². The van der Waals surface area contributed by atoms with Crippen LogP contribution in [0, 0.1) is 5.92 Å². The van der Waals surface area contributed by atoms with Gasteiger partial charge in [0, 0.05) is 37.7 Å². The number of nitrogens with one attached hydrogen (secondary N) is 1. The van der Waals surface area contributed by atoms with Crippen LogP contribution in [-0.2, 0) is 9.59 Å². The molecule has 0 aromatic heterocycles. The van der Waals surface area contributed by atoms with E-state index in [1.807, 2.05) is 19.0 Å². The van der Waals surface area contributed by atoms with Crippen molar-refractivity contribution in [2.75, 3.05) is 40.3 Å². The smallest absolute Gasteiger partial charge is 0.249 e. The van der Waals surface area contributed by atoms with E-state index in [2.05, 4.69) is 16.3 Å². The Morgan fingerprint density at radius 1 is 1.27 bits per heavy atom. The van der Waals surface area contributed by atoms with Crippen LogP contribution in [0.15, 0.2) is 11.6 Å². The van der Waals surface area contributed by atoms with Gasteiger partial charge in [0.2, 0.25) is 11.8 Å². The van der Waals surface area contributed by atoms with Crippen LogP contribution in [0.5, 0.6) is 0 Å². The average Bonchev–Trinajstić information content (AvgIpc) is 2.54. The molecule has 0 atom stereocenters. The topological polar surface area (TPSA) is 52.7 Å². The molecule has 2 rings (SSSR count). The van der Waals surface area contributed by atoms with Crippen LogP contribution < -0.4 is 5.32 Å². The highest BCUT2D eigenvalue weighted by Gasteiger charge is 2.28. The van der Waals surface area contributed by atoms with E-state index in [-0.39, 0.29) is 17.7 Å². The minimum Gasteiger partial charge on any atom is -0.355 e. The van der Waals surface area contributed by atoms with Gasteiger partial charge in [0.05, 0.1) is 0 Å². The van der Waals surface area contributed by atoms with Crippen molar-refractivity contribution in [3.63, 3.8) is 0 Å². The molecule has 5 nitrogen and oxygen atoms in total. The highest BCUT2D eigenvalue weighted by atomic mass is 16.2. The SMILES string of the molecule is CN(C)CCNC(=O)C1CCN(C(=O)C2=CCCCC2)CC1. The third-order valence-electron chi connectivity index (χ3n) is 4.58. The quantitative estimate of drug-likeness (QED) is 0.835. The normalized spacial score (nSPS) is 20.0. The highest BCUT2D eigenvalue weighted by Crippen LogP contribution is 2.23. The molecule has 2 amide bonds. The van der Waals surface area contributed by atoms with Crippen molar-refractivity contribution in [1.29, 1.82) is 0 Å². The van der Waals surface area contributed by atoms with Crippen molar-refractivity contribution >= 4 is 11.8 Å². The fourth-order valence-electron chi connectivity index (χ4n) is 3.13. The van der Waals surface area contributed by atoms with E-state index in [1.165, 1.54) is 6.42 Å². The number of carbonyl (C=O) groups excluding carboxylic acids is 2. The summed E-state index contributed by atoms with van der Waals surface area (Å²) in [5, 5.41) is 3.00. The Labute approximate surface area is 133 Å². The number of nitrogens with zero attached hydrogens (tertiary/aromatic N) is 2. The fourth-order valence-corrected chi connectivity index (χ4v) is 3.13. The standard InChI is InChI=1S/C17H29N3O2/c1-19(2)13-10-18-16(21)14-8-11-20(12-9-14)17(22)15-6-4-3-5-7-15/h6,14H,3-5,7-13H2,1-2H3,(H,18,21). The number of likely N-dealkylation sites (tertiary alicyclic amines) is 1. The maximum Gasteiger partial charge on any atom is 0.249 e. The van der Waals surface area contributed by atoms with Crippen LogP contribution >= 0.6 is 0 Å². The monoisotopic (exact) mass is 307 g/mol. The zero-order chi connectivity index (χ0) is 15.9. The molecule has 0 aromatic carbocycles. The van der Waals surface area contributed by atoms with E-state index in [9.17, 15) is 9.59 Å². The van der Waals surface area contributed by atoms with Gasteiger partial charge in [-0.1, -0.05) is 6.08 Å². The second-order valence-electron chi connectivity index (χ2n) is 6.64. The minimum absolute atomic E-state index is 0.0616. The van der Waals surface area contributed by atoms with Gasteiger partial charge in [0.1, 0.15) is 0 Å². The molecular weight excluding hydrogens is 278 g/mol. The third-order valence-corrected chi connectivity index (χ3v) is 4.58. The molecule has 1 aliphatic heterocycles. The summed E-state index contributed by atoms with van der Waals surface area (Å²) in [7, 11) is 3.99. The predicted octanol–water partition coefficient (Wildman–Crippen LogP) is 1.40. The fraction of sp³-hybridized carbons (Fsp3) is 0.765. The Bertz CT molecular complexity index is 424. The van der Waals surface area contributed by atoms with Gasteiger partial charge < -0.3 is 15.1 Å². The van der Waals surface area contributed by atoms with Gasteiger partial charge in [-0.2, -0.15) is 0 Å². The van der Waals surface area contributed by atoms with Gasteiger partial charge in [0.15, 0.2) is 0 Å². The van der Waals surface area contributed by atoms with Crippen molar-refractivity contribution in [2.24, 2.45) is 5.92 Å². The first-order valence-electron chi connectivity index (χ1n) is 8.48. The molecule has 1 aliphatic carbocycles. The van der Waals surface area contributed by atoms with Crippen LogP contribution in [-0.4, -0.2) is 61.9 Å². The zero-order valence-corrected chi connectivity index (χ0v) is 13.9. The number of carbonyl (C=O) groups is 2. The van der Waals surface area contributed by atoms with Crippen molar-refractivity contribution in [1.82, 2.24) is 15.1 Å². The molecule has 1 N–H and O–H groups in total. The largest absolute Gasteiger partial charge is 0.355 e. The molecule has 0 saturated carbocycles. The van der Waals surface area contributed by atoms with Crippen molar-refractivity contribution in [3.05, 3.63) is 11.6 Å². The minimum atomic E-state index is 0.0616. The Morgan fingerprint density at radius 2 is 2.00 bits per heavy atom. The van der Waals surface area contributed by atoms with Crippen LogP contribution in [0.2, 0.25) is 0 Å². The maximum atomic E-state index is 12.4. The first kappa shape index (κ1) is 17.0. The highest BCUT2D eigenvalue weighted by molar-refractivity contribution is 5.93. The van der Waals surface area contributed by atoms with Gasteiger partial charge in [-0.15, -0.1) is 0 Å². The van der Waals surface area contributed by atoms with E-state index in [0.29, 0.717) is 19.6 Å². The van der Waals surface area contributed by atoms with Gasteiger partial charge in [-0.25, -0.2) is 0 Å². The number of piperidine rings is 1. The summed E-state index contributed by atoms with van der Waals surface area (Å²) in [6, 6.07) is 0. The molecule has 0 aromatic rings. The first-order valence-corrected chi connectivity index (χ1v) is 8.48. The molecular formula is C17H29N3O2. The predicted molar refractivity (Wildman–Crippen MR) is 87.4 cm³/mol. The number of allylic oxidation sites excluding steroid dienone is 1. The van der Waals surface area contributed by atoms with Crippen molar-refractivity contribution in [2.45, 2.75) is 38.5 Å². The van der Waals surface area contributed by atoms with Gasteiger partial charge in [-0.3, -0.25) is 9.59 Å². The average molecular weight is 307 g/mol. The molecule has 1 saturated heterocycles. The molecule has 124 valence electrons. The molecule has 22 heavy (non-hydrogen) atoms. The van der Waals surface area contributed by atoms with E-state index < -0.39 is 0 Å². The molecule has 1 fully saturated rings. The Hall–Kier alpha value is -1.36. The van der Waals surface area contributed by atoms with Crippen LogP contribution in [0.25, 0.3) is 0 Å². The van der Waals surface area contributed by atoms with Crippen LogP contribution in [0.1, 0.15) is 38.5 Å². The molecule has 0 radical (unpaired) electrons. The zero-order valence-electron chi connectivity index (χ0n) is 13.9. The second-order valence-corrected chi connectivity index (χ2v) is 6.64. The van der Waals surface area contributed by atoms with E-state index in [1.54, 1.807) is 0 Å². The van der Waals surface area contributed by atoms with E-state index in [4.69, 9.17) is 0 Å². The van der Waals surface area contributed by atoms with Crippen LogP contribution in [0.3, 0.4) is 0 Å². The molecule has 0 spiro atoms. The summed E-state index contributed by atoms with van der Waals surface area (Å²) >= 11 is 0. The Balaban J connectivity index is 1.74. The Morgan fingerprint density at radius 3 is 2.59 bits per heavy atom. The molecule has 0 unspecified atom stereocenters. The summed E-state index contributed by atoms with van der Waals surface area (Å²) in [5.74, 6) is 0.406. The molecule has 5 heteroatoms. The summed E-state index contributed by atoms with van der Waals surface area (Å²) in [4.78, 5) is 28.5. The van der Waals surface area contributed by atoms with Gasteiger partial charge in [-0.05, 0) is 52.6 Å². The van der Waals surface area contributed by atoms with Crippen molar-refractivity contribution in [3.8, 4) is 0 Å².